The summed E-state index contributed by atoms with van der Waals surface area (Å²) in [4.78, 5) is 21.9. The second-order valence-electron chi connectivity index (χ2n) is 7.56. The zero-order chi connectivity index (χ0) is 20.4. The van der Waals surface area contributed by atoms with Crippen LogP contribution in [0.15, 0.2) is 23.2 Å². The van der Waals surface area contributed by atoms with E-state index >= 15 is 0 Å². The number of aromatic nitrogens is 3. The molecule has 1 unspecified atom stereocenters. The summed E-state index contributed by atoms with van der Waals surface area (Å²) in [5.41, 5.74) is 4.41. The summed E-state index contributed by atoms with van der Waals surface area (Å²) >= 11 is 3.19. The number of amides is 1. The number of nitrogens with zero attached hydrogens (tertiary/aromatic N) is 5. The van der Waals surface area contributed by atoms with Crippen molar-refractivity contribution in [3.63, 3.8) is 0 Å². The van der Waals surface area contributed by atoms with Crippen LogP contribution < -0.4 is 10.2 Å². The lowest BCUT2D eigenvalue weighted by molar-refractivity contribution is -0.114. The van der Waals surface area contributed by atoms with Crippen molar-refractivity contribution in [3.05, 3.63) is 33.8 Å². The Morgan fingerprint density at radius 2 is 2.07 bits per heavy atom. The lowest BCUT2D eigenvalue weighted by Crippen LogP contribution is -2.50. The highest BCUT2D eigenvalue weighted by Gasteiger charge is 2.25. The zero-order valence-corrected chi connectivity index (χ0v) is 18.6. The molecule has 2 aromatic heterocycles. The first kappa shape index (κ1) is 20.2. The van der Waals surface area contributed by atoms with E-state index in [1.165, 1.54) is 28.7 Å². The largest absolute Gasteiger partial charge is 0.344 e. The van der Waals surface area contributed by atoms with E-state index in [0.29, 0.717) is 17.1 Å². The van der Waals surface area contributed by atoms with Crippen molar-refractivity contribution in [2.75, 3.05) is 36.4 Å². The molecule has 1 saturated heterocycles. The summed E-state index contributed by atoms with van der Waals surface area (Å²) in [5.74, 6) is 0.407. The molecule has 1 N–H and O–H groups in total. The highest BCUT2D eigenvalue weighted by molar-refractivity contribution is 7.19. The number of carbonyl (C=O) groups is 1. The fourth-order valence-electron chi connectivity index (χ4n) is 3.78. The van der Waals surface area contributed by atoms with E-state index in [4.69, 9.17) is 0 Å². The normalized spacial score (nSPS) is 24.0. The van der Waals surface area contributed by atoms with Crippen molar-refractivity contribution in [1.29, 1.82) is 0 Å². The minimum atomic E-state index is -0.121. The van der Waals surface area contributed by atoms with Gasteiger partial charge in [-0.2, -0.15) is 0 Å². The number of fused-ring (bicyclic) bond motifs is 1. The molecule has 0 bridgehead atoms. The first-order valence-electron chi connectivity index (χ1n) is 9.93. The summed E-state index contributed by atoms with van der Waals surface area (Å²) in [6, 6.07) is 0.334. The predicted octanol–water partition coefficient (Wildman–Crippen LogP) is 3.61. The number of carbonyl (C=O) groups excluding carboxylic acids is 1. The van der Waals surface area contributed by atoms with E-state index in [2.05, 4.69) is 62.4 Å². The number of hydrogen-bond donors (Lipinski definition) is 1. The maximum Gasteiger partial charge on any atom is 0.223 e. The van der Waals surface area contributed by atoms with Crippen molar-refractivity contribution < 1.29 is 4.79 Å². The van der Waals surface area contributed by atoms with Gasteiger partial charge < -0.3 is 10.2 Å². The van der Waals surface area contributed by atoms with Crippen molar-refractivity contribution in [2.24, 2.45) is 0 Å². The predicted molar refractivity (Wildman–Crippen MR) is 120 cm³/mol. The van der Waals surface area contributed by atoms with Crippen LogP contribution in [-0.2, 0) is 4.79 Å². The van der Waals surface area contributed by atoms with Crippen LogP contribution in [0.4, 0.5) is 10.3 Å². The Kier molecular flexibility index (Phi) is 6.07. The van der Waals surface area contributed by atoms with Gasteiger partial charge in [-0.05, 0) is 30.9 Å². The molecule has 2 aliphatic rings. The summed E-state index contributed by atoms with van der Waals surface area (Å²) in [6.45, 7) is 9.75. The Bertz CT molecular complexity index is 925. The fourth-order valence-corrected chi connectivity index (χ4v) is 5.46. The molecule has 1 aliphatic heterocycles. The van der Waals surface area contributed by atoms with Gasteiger partial charge >= 0.3 is 0 Å². The van der Waals surface area contributed by atoms with Crippen LogP contribution in [0.2, 0.25) is 0 Å². The Morgan fingerprint density at radius 3 is 2.83 bits per heavy atom. The average molecular weight is 431 g/mol. The number of anilines is 2. The third-order valence-corrected chi connectivity index (χ3v) is 7.46. The molecular weight excluding hydrogens is 404 g/mol. The van der Waals surface area contributed by atoms with Crippen LogP contribution in [0.1, 0.15) is 43.7 Å². The van der Waals surface area contributed by atoms with Crippen molar-refractivity contribution in [3.8, 4) is 0 Å². The standard InChI is InChI=1S/C20H26N6OS2/c1-13-5-4-6-16(11-17-18(13)28-12-21-17)14(2)25-7-9-26(10-8-25)20-24-23-19(29-20)22-15(3)27/h4,6,11-14H,5,7-10H2,1-3H3,(H,22,23,27)/b6-4+,16-11+/t13?,14-/m0/s1. The molecule has 1 aliphatic carbocycles. The van der Waals surface area contributed by atoms with Gasteiger partial charge in [-0.1, -0.05) is 30.4 Å². The van der Waals surface area contributed by atoms with Crippen LogP contribution in [-0.4, -0.2) is 58.2 Å². The monoisotopic (exact) mass is 430 g/mol. The van der Waals surface area contributed by atoms with Gasteiger partial charge in [0.15, 0.2) is 0 Å². The van der Waals surface area contributed by atoms with Gasteiger partial charge in [0.2, 0.25) is 16.2 Å². The fraction of sp³-hybridized carbons (Fsp3) is 0.500. The van der Waals surface area contributed by atoms with E-state index < -0.39 is 0 Å². The Hall–Kier alpha value is -2.10. The number of piperazine rings is 1. The maximum atomic E-state index is 11.2. The highest BCUT2D eigenvalue weighted by atomic mass is 32.1. The molecule has 0 aromatic carbocycles. The van der Waals surface area contributed by atoms with Gasteiger partial charge in [0.25, 0.3) is 0 Å². The second kappa shape index (κ2) is 8.73. The van der Waals surface area contributed by atoms with Gasteiger partial charge in [0.1, 0.15) is 0 Å². The minimum Gasteiger partial charge on any atom is -0.344 e. The first-order chi connectivity index (χ1) is 14.0. The van der Waals surface area contributed by atoms with E-state index in [1.807, 2.05) is 5.51 Å². The number of thiazole rings is 1. The van der Waals surface area contributed by atoms with Gasteiger partial charge in [-0.3, -0.25) is 9.69 Å². The number of hydrogen-bond acceptors (Lipinski definition) is 8. The van der Waals surface area contributed by atoms with E-state index in [1.54, 1.807) is 11.3 Å². The molecular formula is C20H26N6OS2. The van der Waals surface area contributed by atoms with Crippen molar-refractivity contribution in [1.82, 2.24) is 20.1 Å². The van der Waals surface area contributed by atoms with E-state index in [9.17, 15) is 4.79 Å². The molecule has 1 fully saturated rings. The summed E-state index contributed by atoms with van der Waals surface area (Å²) in [5, 5.41) is 12.4. The Labute approximate surface area is 179 Å². The molecule has 0 spiro atoms. The minimum absolute atomic E-state index is 0.121. The lowest BCUT2D eigenvalue weighted by atomic mass is 9.96. The molecule has 2 atom stereocenters. The van der Waals surface area contributed by atoms with Crippen LogP contribution in [0, 0.1) is 0 Å². The number of allylic oxidation sites excluding steroid dienone is 1. The van der Waals surface area contributed by atoms with Gasteiger partial charge in [-0.15, -0.1) is 21.5 Å². The Morgan fingerprint density at radius 1 is 1.28 bits per heavy atom. The third kappa shape index (κ3) is 4.57. The summed E-state index contributed by atoms with van der Waals surface area (Å²) < 4.78 is 0. The quantitative estimate of drug-likeness (QED) is 0.799. The number of nitrogens with one attached hydrogen (secondary N) is 1. The molecule has 7 nitrogen and oxygen atoms in total. The van der Waals surface area contributed by atoms with E-state index in [-0.39, 0.29) is 5.91 Å². The average Bonchev–Trinajstić information content (AvgIpc) is 3.34. The molecule has 0 radical (unpaired) electrons. The molecule has 4 rings (SSSR count). The molecule has 2 aromatic rings. The SMILES string of the molecule is CC(=O)Nc1nnc(N2CCN([C@@H](C)C3=C/c4ncsc4C(C)C\C=C\3)CC2)s1. The summed E-state index contributed by atoms with van der Waals surface area (Å²) in [7, 11) is 0. The van der Waals surface area contributed by atoms with Crippen LogP contribution in [0.3, 0.4) is 0 Å². The van der Waals surface area contributed by atoms with Crippen LogP contribution >= 0.6 is 22.7 Å². The molecule has 154 valence electrons. The van der Waals surface area contributed by atoms with E-state index in [0.717, 1.165) is 43.4 Å². The topological polar surface area (TPSA) is 74.2 Å². The summed E-state index contributed by atoms with van der Waals surface area (Å²) in [6.07, 6.45) is 7.90. The third-order valence-electron chi connectivity index (χ3n) is 5.49. The zero-order valence-electron chi connectivity index (χ0n) is 17.0. The van der Waals surface area contributed by atoms with Gasteiger partial charge in [0.05, 0.1) is 11.2 Å². The second-order valence-corrected chi connectivity index (χ2v) is 9.40. The molecule has 9 heteroatoms. The lowest BCUT2D eigenvalue weighted by Gasteiger charge is -2.38. The van der Waals surface area contributed by atoms with Gasteiger partial charge in [-0.25, -0.2) is 4.98 Å². The van der Waals surface area contributed by atoms with Gasteiger partial charge in [0, 0.05) is 44.0 Å². The maximum absolute atomic E-state index is 11.2. The number of rotatable bonds is 4. The first-order valence-corrected chi connectivity index (χ1v) is 11.6. The Balaban J connectivity index is 1.41. The smallest absolute Gasteiger partial charge is 0.223 e. The molecule has 1 amide bonds. The molecule has 29 heavy (non-hydrogen) atoms. The molecule has 0 saturated carbocycles. The van der Waals surface area contributed by atoms with Crippen molar-refractivity contribution in [2.45, 2.75) is 39.2 Å². The van der Waals surface area contributed by atoms with Crippen LogP contribution in [0.25, 0.3) is 6.08 Å². The molecule has 3 heterocycles. The van der Waals surface area contributed by atoms with Crippen molar-refractivity contribution >= 4 is 44.9 Å². The van der Waals surface area contributed by atoms with Crippen LogP contribution in [0.5, 0.6) is 0 Å². The highest BCUT2D eigenvalue weighted by Crippen LogP contribution is 2.32.